The van der Waals surface area contributed by atoms with Gasteiger partial charge in [-0.2, -0.15) is 0 Å². The Balaban J connectivity index is 2.27. The zero-order chi connectivity index (χ0) is 11.5. The van der Waals surface area contributed by atoms with Gasteiger partial charge < -0.3 is 0 Å². The van der Waals surface area contributed by atoms with Gasteiger partial charge in [-0.1, -0.05) is 17.8 Å². The van der Waals surface area contributed by atoms with Crippen molar-refractivity contribution in [1.82, 2.24) is 0 Å². The van der Waals surface area contributed by atoms with Crippen LogP contribution in [0.25, 0.3) is 0 Å². The highest BCUT2D eigenvalue weighted by Crippen LogP contribution is 2.30. The van der Waals surface area contributed by atoms with Crippen LogP contribution in [0.3, 0.4) is 0 Å². The van der Waals surface area contributed by atoms with Crippen LogP contribution in [-0.4, -0.2) is 0 Å². The van der Waals surface area contributed by atoms with Crippen LogP contribution in [0.4, 0.5) is 13.2 Å². The van der Waals surface area contributed by atoms with Crippen molar-refractivity contribution in [3.63, 3.8) is 0 Å². The normalized spacial score (nSPS) is 10.4. The molecular weight excluding hydrogens is 233 g/mol. The molecule has 0 bridgehead atoms. The molecule has 0 nitrogen and oxygen atoms in total. The van der Waals surface area contributed by atoms with E-state index in [0.29, 0.717) is 4.90 Å². The molecule has 0 saturated heterocycles. The Morgan fingerprint density at radius 2 is 1.56 bits per heavy atom. The second-order valence-corrected chi connectivity index (χ2v) is 4.25. The maximum absolute atomic E-state index is 13.3. The molecule has 0 heterocycles. The van der Waals surface area contributed by atoms with E-state index in [9.17, 15) is 13.2 Å². The Morgan fingerprint density at radius 3 is 2.25 bits per heavy atom. The van der Waals surface area contributed by atoms with Crippen LogP contribution >= 0.6 is 11.8 Å². The summed E-state index contributed by atoms with van der Waals surface area (Å²) in [7, 11) is 0. The van der Waals surface area contributed by atoms with E-state index >= 15 is 0 Å². The molecule has 0 aliphatic heterocycles. The van der Waals surface area contributed by atoms with Gasteiger partial charge in [0.05, 0.1) is 0 Å². The van der Waals surface area contributed by atoms with Crippen LogP contribution in [0.2, 0.25) is 0 Å². The molecular formula is C12H7F3S. The number of rotatable bonds is 2. The molecule has 0 N–H and O–H groups in total. The lowest BCUT2D eigenvalue weighted by molar-refractivity contribution is 0.565. The average Bonchev–Trinajstić information content (AvgIpc) is 2.22. The Kier molecular flexibility index (Phi) is 3.19. The molecule has 0 unspecified atom stereocenters. The van der Waals surface area contributed by atoms with Gasteiger partial charge in [-0.25, -0.2) is 13.2 Å². The molecule has 0 aliphatic carbocycles. The molecule has 0 fully saturated rings. The highest BCUT2D eigenvalue weighted by molar-refractivity contribution is 7.99. The molecule has 2 rings (SSSR count). The Morgan fingerprint density at radius 1 is 0.812 bits per heavy atom. The predicted octanol–water partition coefficient (Wildman–Crippen LogP) is 4.26. The minimum Gasteiger partial charge on any atom is -0.207 e. The molecule has 0 saturated carbocycles. The number of hydrogen-bond acceptors (Lipinski definition) is 1. The van der Waals surface area contributed by atoms with Crippen LogP contribution in [0.15, 0.2) is 52.3 Å². The van der Waals surface area contributed by atoms with Gasteiger partial charge in [0, 0.05) is 15.9 Å². The van der Waals surface area contributed by atoms with Crippen molar-refractivity contribution in [3.8, 4) is 0 Å². The van der Waals surface area contributed by atoms with E-state index in [0.717, 1.165) is 17.8 Å². The molecule has 0 radical (unpaired) electrons. The molecule has 2 aromatic carbocycles. The zero-order valence-corrected chi connectivity index (χ0v) is 8.90. The van der Waals surface area contributed by atoms with E-state index < -0.39 is 11.6 Å². The zero-order valence-electron chi connectivity index (χ0n) is 8.08. The van der Waals surface area contributed by atoms with E-state index in [1.165, 1.54) is 24.3 Å². The molecule has 0 aromatic heterocycles. The number of halogens is 3. The largest absolute Gasteiger partial charge is 0.207 e. The fourth-order valence-corrected chi connectivity index (χ4v) is 2.08. The fraction of sp³-hybridized carbons (Fsp3) is 0. The molecule has 0 spiro atoms. The number of benzene rings is 2. The summed E-state index contributed by atoms with van der Waals surface area (Å²) < 4.78 is 38.8. The average molecular weight is 240 g/mol. The van der Waals surface area contributed by atoms with Gasteiger partial charge in [0.25, 0.3) is 0 Å². The van der Waals surface area contributed by atoms with Crippen LogP contribution in [0.5, 0.6) is 0 Å². The third-order valence-electron chi connectivity index (χ3n) is 1.92. The van der Waals surface area contributed by atoms with Crippen LogP contribution in [-0.2, 0) is 0 Å². The SMILES string of the molecule is Fc1cccc(Sc2ccc(F)cc2F)c1. The first-order chi connectivity index (χ1) is 7.65. The van der Waals surface area contributed by atoms with E-state index in [2.05, 4.69) is 0 Å². The van der Waals surface area contributed by atoms with Crippen molar-refractivity contribution in [1.29, 1.82) is 0 Å². The first-order valence-electron chi connectivity index (χ1n) is 4.53. The van der Waals surface area contributed by atoms with Gasteiger partial charge in [0.15, 0.2) is 0 Å². The second-order valence-electron chi connectivity index (χ2n) is 3.13. The highest BCUT2D eigenvalue weighted by Gasteiger charge is 2.05. The summed E-state index contributed by atoms with van der Waals surface area (Å²) in [5.41, 5.74) is 0. The summed E-state index contributed by atoms with van der Waals surface area (Å²) in [5.74, 6) is -1.65. The molecule has 2 aromatic rings. The summed E-state index contributed by atoms with van der Waals surface area (Å²) >= 11 is 1.06. The van der Waals surface area contributed by atoms with E-state index in [1.54, 1.807) is 12.1 Å². The molecule has 0 amide bonds. The summed E-state index contributed by atoms with van der Waals surface area (Å²) in [4.78, 5) is 0.845. The lowest BCUT2D eigenvalue weighted by Crippen LogP contribution is -1.84. The van der Waals surface area contributed by atoms with E-state index in [-0.39, 0.29) is 10.7 Å². The predicted molar refractivity (Wildman–Crippen MR) is 56.9 cm³/mol. The van der Waals surface area contributed by atoms with Gasteiger partial charge >= 0.3 is 0 Å². The van der Waals surface area contributed by atoms with Crippen molar-refractivity contribution in [2.24, 2.45) is 0 Å². The summed E-state index contributed by atoms with van der Waals surface area (Å²) in [6, 6.07) is 9.13. The van der Waals surface area contributed by atoms with Crippen molar-refractivity contribution >= 4 is 11.8 Å². The molecule has 0 aliphatic rings. The third-order valence-corrected chi connectivity index (χ3v) is 2.96. The Hall–Kier alpha value is -1.42. The minimum absolute atomic E-state index is 0.270. The van der Waals surface area contributed by atoms with Gasteiger partial charge in [-0.3, -0.25) is 0 Å². The van der Waals surface area contributed by atoms with Gasteiger partial charge in [0.1, 0.15) is 17.5 Å². The number of hydrogen-bond donors (Lipinski definition) is 0. The van der Waals surface area contributed by atoms with Crippen molar-refractivity contribution in [3.05, 3.63) is 59.9 Å². The maximum Gasteiger partial charge on any atom is 0.140 e. The first kappa shape index (κ1) is 11.1. The van der Waals surface area contributed by atoms with Gasteiger partial charge in [0.2, 0.25) is 0 Å². The van der Waals surface area contributed by atoms with Crippen molar-refractivity contribution in [2.45, 2.75) is 9.79 Å². The summed E-state index contributed by atoms with van der Waals surface area (Å²) in [6.45, 7) is 0. The molecule has 4 heteroatoms. The minimum atomic E-state index is -0.644. The Labute approximate surface area is 95.1 Å². The topological polar surface area (TPSA) is 0 Å². The standard InChI is InChI=1S/C12H7F3S/c13-8-2-1-3-10(6-8)16-12-5-4-9(14)7-11(12)15/h1-7H. The lowest BCUT2D eigenvalue weighted by Gasteiger charge is -2.03. The van der Waals surface area contributed by atoms with Crippen molar-refractivity contribution in [2.75, 3.05) is 0 Å². The quantitative estimate of drug-likeness (QED) is 0.756. The molecule has 0 atom stereocenters. The highest BCUT2D eigenvalue weighted by atomic mass is 32.2. The van der Waals surface area contributed by atoms with Gasteiger partial charge in [-0.05, 0) is 30.3 Å². The van der Waals surface area contributed by atoms with Crippen LogP contribution in [0, 0.1) is 17.5 Å². The summed E-state index contributed by atoms with van der Waals surface area (Å²) in [6.07, 6.45) is 0. The van der Waals surface area contributed by atoms with Gasteiger partial charge in [-0.15, -0.1) is 0 Å². The first-order valence-corrected chi connectivity index (χ1v) is 5.35. The smallest absolute Gasteiger partial charge is 0.140 e. The van der Waals surface area contributed by atoms with E-state index in [4.69, 9.17) is 0 Å². The second kappa shape index (κ2) is 4.61. The monoisotopic (exact) mass is 240 g/mol. The van der Waals surface area contributed by atoms with E-state index in [1.807, 2.05) is 0 Å². The fourth-order valence-electron chi connectivity index (χ4n) is 1.22. The Bertz CT molecular complexity index is 511. The third kappa shape index (κ3) is 2.58. The lowest BCUT2D eigenvalue weighted by atomic mass is 10.3. The van der Waals surface area contributed by atoms with Crippen molar-refractivity contribution < 1.29 is 13.2 Å². The summed E-state index contributed by atoms with van der Waals surface area (Å²) in [5, 5.41) is 0. The molecule has 16 heavy (non-hydrogen) atoms. The molecule has 82 valence electrons. The van der Waals surface area contributed by atoms with Crippen LogP contribution in [0.1, 0.15) is 0 Å². The van der Waals surface area contributed by atoms with Crippen LogP contribution < -0.4 is 0 Å². The maximum atomic E-state index is 13.3.